The highest BCUT2D eigenvalue weighted by atomic mass is 35.5. The minimum Gasteiger partial charge on any atom is -0.385 e. The molecule has 204 valence electrons. The van der Waals surface area contributed by atoms with E-state index in [0.29, 0.717) is 52.0 Å². The summed E-state index contributed by atoms with van der Waals surface area (Å²) in [6, 6.07) is 13.7. The zero-order valence-electron chi connectivity index (χ0n) is 21.9. The van der Waals surface area contributed by atoms with Gasteiger partial charge in [-0.1, -0.05) is 23.7 Å². The number of benzene rings is 2. The molecule has 1 saturated carbocycles. The summed E-state index contributed by atoms with van der Waals surface area (Å²) >= 11 is 6.22. The summed E-state index contributed by atoms with van der Waals surface area (Å²) in [4.78, 5) is 26.9. The molecule has 9 nitrogen and oxygen atoms in total. The number of nitrogens with zero attached hydrogens (tertiary/aromatic N) is 5. The van der Waals surface area contributed by atoms with E-state index in [1.54, 1.807) is 36.5 Å². The summed E-state index contributed by atoms with van der Waals surface area (Å²) in [6.45, 7) is 2.67. The Morgan fingerprint density at radius 2 is 2.05 bits per heavy atom. The van der Waals surface area contributed by atoms with Gasteiger partial charge in [-0.15, -0.1) is 0 Å². The number of rotatable bonds is 7. The van der Waals surface area contributed by atoms with E-state index >= 15 is 4.39 Å². The lowest BCUT2D eigenvalue weighted by Crippen LogP contribution is -2.39. The third-order valence-corrected chi connectivity index (χ3v) is 7.52. The van der Waals surface area contributed by atoms with E-state index in [1.807, 2.05) is 19.1 Å². The van der Waals surface area contributed by atoms with Gasteiger partial charge in [0.1, 0.15) is 29.2 Å². The summed E-state index contributed by atoms with van der Waals surface area (Å²) in [7, 11) is 0. The van der Waals surface area contributed by atoms with Crippen molar-refractivity contribution in [1.82, 2.24) is 35.0 Å². The molecule has 5 aromatic rings. The highest BCUT2D eigenvalue weighted by Gasteiger charge is 2.29. The Labute approximate surface area is 235 Å². The number of halogens is 2. The van der Waals surface area contributed by atoms with Gasteiger partial charge in [-0.3, -0.25) is 14.9 Å². The number of carbonyl (C=O) groups is 1. The van der Waals surface area contributed by atoms with E-state index in [-0.39, 0.29) is 23.8 Å². The van der Waals surface area contributed by atoms with E-state index in [4.69, 9.17) is 16.6 Å². The summed E-state index contributed by atoms with van der Waals surface area (Å²) in [5.41, 5.74) is 3.76. The van der Waals surface area contributed by atoms with Crippen molar-refractivity contribution in [2.75, 3.05) is 11.9 Å². The first-order valence-electron chi connectivity index (χ1n) is 13.3. The average Bonchev–Trinajstić information content (AvgIpc) is 3.63. The van der Waals surface area contributed by atoms with Gasteiger partial charge in [0.05, 0.1) is 22.8 Å². The van der Waals surface area contributed by atoms with Crippen molar-refractivity contribution in [3.63, 3.8) is 0 Å². The van der Waals surface area contributed by atoms with Crippen LogP contribution in [-0.4, -0.2) is 48.2 Å². The van der Waals surface area contributed by atoms with Crippen LogP contribution in [0.4, 0.5) is 10.1 Å². The Bertz CT molecular complexity index is 1670. The number of hydrogen-bond acceptors (Lipinski definition) is 6. The van der Waals surface area contributed by atoms with E-state index in [2.05, 4.69) is 35.4 Å². The lowest BCUT2D eigenvalue weighted by Gasteiger charge is -2.32. The predicted molar refractivity (Wildman–Crippen MR) is 153 cm³/mol. The van der Waals surface area contributed by atoms with Crippen molar-refractivity contribution in [1.29, 1.82) is 0 Å². The van der Waals surface area contributed by atoms with Crippen molar-refractivity contribution >= 4 is 34.2 Å². The second-order valence-electron chi connectivity index (χ2n) is 9.89. The largest absolute Gasteiger partial charge is 0.385 e. The van der Waals surface area contributed by atoms with E-state index in [9.17, 15) is 4.79 Å². The molecule has 0 spiro atoms. The van der Waals surface area contributed by atoms with E-state index < -0.39 is 0 Å². The Kier molecular flexibility index (Phi) is 7.17. The molecule has 3 heterocycles. The number of hydrogen-bond donors (Lipinski definition) is 3. The van der Waals surface area contributed by atoms with Gasteiger partial charge in [-0.2, -0.15) is 5.10 Å². The number of amides is 1. The van der Waals surface area contributed by atoms with Crippen LogP contribution in [-0.2, 0) is 0 Å². The maximum atomic E-state index is 15.1. The van der Waals surface area contributed by atoms with Crippen LogP contribution in [0.5, 0.6) is 0 Å². The molecule has 1 amide bonds. The van der Waals surface area contributed by atoms with Gasteiger partial charge in [-0.25, -0.2) is 14.4 Å². The van der Waals surface area contributed by atoms with Gasteiger partial charge in [0, 0.05) is 29.3 Å². The van der Waals surface area contributed by atoms with Crippen LogP contribution in [0.1, 0.15) is 49.0 Å². The number of nitrogens with one attached hydrogen (secondary N) is 3. The molecule has 2 aromatic carbocycles. The molecule has 0 bridgehead atoms. The van der Waals surface area contributed by atoms with Gasteiger partial charge in [0.2, 0.25) is 0 Å². The van der Waals surface area contributed by atoms with Crippen molar-refractivity contribution in [3.05, 3.63) is 77.5 Å². The molecule has 1 aliphatic carbocycles. The van der Waals surface area contributed by atoms with Crippen molar-refractivity contribution < 1.29 is 9.18 Å². The van der Waals surface area contributed by atoms with Crippen LogP contribution in [0.2, 0.25) is 5.02 Å². The van der Waals surface area contributed by atoms with Crippen molar-refractivity contribution in [3.8, 4) is 22.9 Å². The zero-order valence-corrected chi connectivity index (χ0v) is 22.6. The number of carbonyl (C=O) groups excluding carboxylic acids is 1. The molecule has 3 N–H and O–H groups in total. The van der Waals surface area contributed by atoms with Crippen LogP contribution in [0.15, 0.2) is 61.1 Å². The smallest absolute Gasteiger partial charge is 0.253 e. The number of H-pyrrole nitrogens is 1. The molecule has 2 atom stereocenters. The first-order chi connectivity index (χ1) is 19.5. The summed E-state index contributed by atoms with van der Waals surface area (Å²) in [6.07, 6.45) is 6.36. The Morgan fingerprint density at radius 1 is 1.18 bits per heavy atom. The third kappa shape index (κ3) is 5.02. The fourth-order valence-electron chi connectivity index (χ4n) is 5.50. The fourth-order valence-corrected chi connectivity index (χ4v) is 5.67. The van der Waals surface area contributed by atoms with Gasteiger partial charge >= 0.3 is 0 Å². The number of aromatic nitrogens is 6. The standard InChI is InChI=1S/C29H28ClFN8O/c1-2-32-23-11-10-17(30)12-21(23)29(40)36-18-6-5-7-19(13-18)39-26-14-24(27-34-16-35-38-27)33-15-25(26)37-28(39)20-8-3-4-9-22(20)31/h3-4,8-12,14-16,18-19,32H,2,5-7,13H2,1H3,(H,36,40)(H,34,35,38)/t18?,19-/m1/s1. The Hall–Kier alpha value is -4.31. The fraction of sp³-hybridized carbons (Fsp3) is 0.276. The lowest BCUT2D eigenvalue weighted by molar-refractivity contribution is 0.0922. The minimum atomic E-state index is -0.347. The van der Waals surface area contributed by atoms with Gasteiger partial charge in [-0.05, 0) is 69.0 Å². The summed E-state index contributed by atoms with van der Waals surface area (Å²) in [5.74, 6) is 0.547. The number of anilines is 1. The highest BCUT2D eigenvalue weighted by Crippen LogP contribution is 2.37. The van der Waals surface area contributed by atoms with Crippen LogP contribution in [0.25, 0.3) is 33.9 Å². The van der Waals surface area contributed by atoms with E-state index in [1.165, 1.54) is 12.4 Å². The first kappa shape index (κ1) is 25.9. The SMILES string of the molecule is CCNc1ccc(Cl)cc1C(=O)NC1CCC[C@@H](n2c(-c3ccccc3F)nc3cnc(-c4ncn[nH]4)cc32)C1. The normalized spacial score (nSPS) is 17.2. The molecule has 0 aliphatic heterocycles. The molecule has 1 fully saturated rings. The maximum Gasteiger partial charge on any atom is 0.253 e. The highest BCUT2D eigenvalue weighted by molar-refractivity contribution is 6.31. The second-order valence-corrected chi connectivity index (χ2v) is 10.3. The monoisotopic (exact) mass is 558 g/mol. The van der Waals surface area contributed by atoms with E-state index in [0.717, 1.165) is 30.5 Å². The van der Waals surface area contributed by atoms with Crippen LogP contribution in [0, 0.1) is 5.82 Å². The minimum absolute atomic E-state index is 0.0313. The molecular weight excluding hydrogens is 531 g/mol. The second kappa shape index (κ2) is 11.1. The number of fused-ring (bicyclic) bond motifs is 1. The quantitative estimate of drug-likeness (QED) is 0.225. The van der Waals surface area contributed by atoms with Gasteiger partial charge in [0.15, 0.2) is 5.82 Å². The topological polar surface area (TPSA) is 113 Å². The lowest BCUT2D eigenvalue weighted by atomic mass is 9.90. The Balaban J connectivity index is 1.36. The molecular formula is C29H28ClFN8O. The van der Waals surface area contributed by atoms with Crippen LogP contribution < -0.4 is 10.6 Å². The van der Waals surface area contributed by atoms with Crippen molar-refractivity contribution in [2.24, 2.45) is 0 Å². The molecule has 0 radical (unpaired) electrons. The van der Waals surface area contributed by atoms with Crippen LogP contribution in [0.3, 0.4) is 0 Å². The summed E-state index contributed by atoms with van der Waals surface area (Å²) < 4.78 is 17.2. The van der Waals surface area contributed by atoms with Gasteiger partial charge in [0.25, 0.3) is 5.91 Å². The molecule has 6 rings (SSSR count). The number of aromatic amines is 1. The molecule has 1 aliphatic rings. The maximum absolute atomic E-state index is 15.1. The zero-order chi connectivity index (χ0) is 27.6. The van der Waals surface area contributed by atoms with Crippen molar-refractivity contribution in [2.45, 2.75) is 44.7 Å². The van der Waals surface area contributed by atoms with Crippen LogP contribution >= 0.6 is 11.6 Å². The molecule has 0 saturated heterocycles. The first-order valence-corrected chi connectivity index (χ1v) is 13.7. The number of imidazole rings is 1. The molecule has 3 aromatic heterocycles. The molecule has 11 heteroatoms. The predicted octanol–water partition coefficient (Wildman–Crippen LogP) is 6.02. The average molecular weight is 559 g/mol. The number of pyridine rings is 1. The van der Waals surface area contributed by atoms with Gasteiger partial charge < -0.3 is 15.2 Å². The Morgan fingerprint density at radius 3 is 2.85 bits per heavy atom. The molecule has 1 unspecified atom stereocenters. The third-order valence-electron chi connectivity index (χ3n) is 7.29. The molecule has 40 heavy (non-hydrogen) atoms. The summed E-state index contributed by atoms with van der Waals surface area (Å²) in [5, 5.41) is 13.8.